The second-order valence-electron chi connectivity index (χ2n) is 4.44. The van der Waals surface area contributed by atoms with E-state index < -0.39 is 5.91 Å². The molecule has 6 heteroatoms. The quantitative estimate of drug-likeness (QED) is 0.724. The van der Waals surface area contributed by atoms with Gasteiger partial charge < -0.3 is 10.7 Å². The van der Waals surface area contributed by atoms with Crippen LogP contribution in [-0.4, -0.2) is 33.8 Å². The zero-order valence-electron chi connectivity index (χ0n) is 9.95. The third-order valence-electron chi connectivity index (χ3n) is 1.80. The minimum absolute atomic E-state index is 0.229. The molecule has 1 aromatic heterocycles. The van der Waals surface area contributed by atoms with E-state index in [1.54, 1.807) is 18.3 Å². The van der Waals surface area contributed by atoms with Crippen molar-refractivity contribution in [1.29, 1.82) is 0 Å². The minimum atomic E-state index is -0.410. The highest BCUT2D eigenvalue weighted by molar-refractivity contribution is 8.00. The number of rotatable bonds is 5. The normalized spacial score (nSPS) is 11.2. The highest BCUT2D eigenvalue weighted by atomic mass is 32.2. The fourth-order valence-electron chi connectivity index (χ4n) is 1.11. The van der Waals surface area contributed by atoms with Gasteiger partial charge in [-0.3, -0.25) is 14.9 Å². The molecule has 0 bridgehead atoms. The van der Waals surface area contributed by atoms with E-state index in [1.165, 1.54) is 11.8 Å². The first kappa shape index (κ1) is 13.8. The highest BCUT2D eigenvalue weighted by Crippen LogP contribution is 2.09. The maximum atomic E-state index is 11.5. The van der Waals surface area contributed by atoms with Crippen LogP contribution in [0, 0.1) is 0 Å². The van der Waals surface area contributed by atoms with Crippen molar-refractivity contribution in [2.75, 3.05) is 11.5 Å². The molecule has 0 aromatic carbocycles. The smallest absolute Gasteiger partial charge is 0.274 e. The standard InChI is InChI=1S/C11H17N3O2S/c1-11(2,12)7-17-6-9(15)14-10(16)8-4-3-5-13-8/h3-5,13H,6-7,12H2,1-2H3,(H,14,15,16). The number of nitrogens with one attached hydrogen (secondary N) is 2. The number of H-pyrrole nitrogens is 1. The molecule has 0 saturated carbocycles. The Balaban J connectivity index is 2.28. The summed E-state index contributed by atoms with van der Waals surface area (Å²) < 4.78 is 0. The van der Waals surface area contributed by atoms with Crippen LogP contribution < -0.4 is 11.1 Å². The van der Waals surface area contributed by atoms with Gasteiger partial charge in [-0.2, -0.15) is 11.8 Å². The van der Waals surface area contributed by atoms with Crippen molar-refractivity contribution in [3.8, 4) is 0 Å². The van der Waals surface area contributed by atoms with E-state index in [1.807, 2.05) is 13.8 Å². The van der Waals surface area contributed by atoms with Gasteiger partial charge in [-0.25, -0.2) is 0 Å². The summed E-state index contributed by atoms with van der Waals surface area (Å²) in [5.74, 6) is 0.177. The Morgan fingerprint density at radius 1 is 1.53 bits per heavy atom. The van der Waals surface area contributed by atoms with Gasteiger partial charge in [0.15, 0.2) is 0 Å². The highest BCUT2D eigenvalue weighted by Gasteiger charge is 2.14. The lowest BCUT2D eigenvalue weighted by Crippen LogP contribution is -2.36. The molecule has 2 amide bonds. The van der Waals surface area contributed by atoms with Crippen molar-refractivity contribution < 1.29 is 9.59 Å². The van der Waals surface area contributed by atoms with E-state index in [0.29, 0.717) is 11.4 Å². The van der Waals surface area contributed by atoms with Crippen LogP contribution in [0.5, 0.6) is 0 Å². The van der Waals surface area contributed by atoms with Gasteiger partial charge in [0.05, 0.1) is 5.75 Å². The molecule has 0 fully saturated rings. The van der Waals surface area contributed by atoms with Crippen LogP contribution in [-0.2, 0) is 4.79 Å². The van der Waals surface area contributed by atoms with Gasteiger partial charge in [-0.15, -0.1) is 0 Å². The molecule has 4 N–H and O–H groups in total. The van der Waals surface area contributed by atoms with E-state index in [-0.39, 0.29) is 17.2 Å². The minimum Gasteiger partial charge on any atom is -0.357 e. The maximum Gasteiger partial charge on any atom is 0.274 e. The molecule has 0 atom stereocenters. The fourth-order valence-corrected chi connectivity index (χ4v) is 1.99. The predicted molar refractivity (Wildman–Crippen MR) is 68.9 cm³/mol. The summed E-state index contributed by atoms with van der Waals surface area (Å²) in [5, 5.41) is 2.30. The SMILES string of the molecule is CC(C)(N)CSCC(=O)NC(=O)c1ccc[nH]1. The summed E-state index contributed by atoms with van der Waals surface area (Å²) in [7, 11) is 0. The van der Waals surface area contributed by atoms with Gasteiger partial charge in [0.2, 0.25) is 5.91 Å². The van der Waals surface area contributed by atoms with Crippen LogP contribution in [0.1, 0.15) is 24.3 Å². The number of carbonyl (C=O) groups is 2. The number of hydrogen-bond acceptors (Lipinski definition) is 4. The van der Waals surface area contributed by atoms with Crippen LogP contribution in [0.15, 0.2) is 18.3 Å². The third-order valence-corrected chi connectivity index (χ3v) is 3.22. The summed E-state index contributed by atoms with van der Waals surface area (Å²) in [6, 6.07) is 3.31. The van der Waals surface area contributed by atoms with Crippen LogP contribution in [0.2, 0.25) is 0 Å². The number of imide groups is 1. The Morgan fingerprint density at radius 2 is 2.24 bits per heavy atom. The van der Waals surface area contributed by atoms with E-state index >= 15 is 0 Å². The zero-order chi connectivity index (χ0) is 12.9. The molecule has 0 saturated heterocycles. The number of nitrogens with two attached hydrogens (primary N) is 1. The topological polar surface area (TPSA) is 88.0 Å². The van der Waals surface area contributed by atoms with Crippen LogP contribution in [0.25, 0.3) is 0 Å². The first-order chi connectivity index (χ1) is 7.88. The fraction of sp³-hybridized carbons (Fsp3) is 0.455. The summed E-state index contributed by atoms with van der Waals surface area (Å²) in [6.07, 6.45) is 1.63. The van der Waals surface area contributed by atoms with Crippen molar-refractivity contribution in [3.05, 3.63) is 24.0 Å². The zero-order valence-corrected chi connectivity index (χ0v) is 10.8. The van der Waals surface area contributed by atoms with Gasteiger partial charge in [0.1, 0.15) is 5.69 Å². The van der Waals surface area contributed by atoms with Crippen molar-refractivity contribution in [3.63, 3.8) is 0 Å². The second-order valence-corrected chi connectivity index (χ2v) is 5.43. The third kappa shape index (κ3) is 5.55. The molecule has 0 aliphatic rings. The summed E-state index contributed by atoms with van der Waals surface area (Å²) >= 11 is 1.41. The summed E-state index contributed by atoms with van der Waals surface area (Å²) in [5.41, 5.74) is 5.84. The molecule has 0 aliphatic heterocycles. The average molecular weight is 255 g/mol. The molecule has 1 heterocycles. The van der Waals surface area contributed by atoms with E-state index in [2.05, 4.69) is 10.3 Å². The average Bonchev–Trinajstić information content (AvgIpc) is 2.67. The van der Waals surface area contributed by atoms with Crippen molar-refractivity contribution in [1.82, 2.24) is 10.3 Å². The van der Waals surface area contributed by atoms with E-state index in [4.69, 9.17) is 5.73 Å². The van der Waals surface area contributed by atoms with Crippen LogP contribution in [0.3, 0.4) is 0 Å². The summed E-state index contributed by atoms with van der Waals surface area (Å²) in [4.78, 5) is 25.6. The van der Waals surface area contributed by atoms with Crippen molar-refractivity contribution in [2.45, 2.75) is 19.4 Å². The molecule has 0 unspecified atom stereocenters. The lowest BCUT2D eigenvalue weighted by molar-refractivity contribution is -0.117. The lowest BCUT2D eigenvalue weighted by Gasteiger charge is -2.16. The second kappa shape index (κ2) is 5.88. The van der Waals surface area contributed by atoms with Gasteiger partial charge >= 0.3 is 0 Å². The van der Waals surface area contributed by atoms with Crippen LogP contribution in [0.4, 0.5) is 0 Å². The molecule has 1 aromatic rings. The molecule has 17 heavy (non-hydrogen) atoms. The van der Waals surface area contributed by atoms with Crippen LogP contribution >= 0.6 is 11.8 Å². The first-order valence-electron chi connectivity index (χ1n) is 5.23. The Labute approximate surface area is 105 Å². The number of aromatic nitrogens is 1. The molecule has 0 spiro atoms. The molecule has 0 aliphatic carbocycles. The number of carbonyl (C=O) groups excluding carboxylic acids is 2. The number of amides is 2. The largest absolute Gasteiger partial charge is 0.357 e. The number of thioether (sulfide) groups is 1. The molecule has 1 rings (SSSR count). The Morgan fingerprint density at radius 3 is 2.76 bits per heavy atom. The maximum absolute atomic E-state index is 11.5. The van der Waals surface area contributed by atoms with E-state index in [0.717, 1.165) is 0 Å². The molecular weight excluding hydrogens is 238 g/mol. The Kier molecular flexibility index (Phi) is 4.77. The van der Waals surface area contributed by atoms with Gasteiger partial charge in [-0.05, 0) is 26.0 Å². The predicted octanol–water partition coefficient (Wildman–Crippen LogP) is 0.742. The first-order valence-corrected chi connectivity index (χ1v) is 6.38. The molecule has 0 radical (unpaired) electrons. The molecule has 5 nitrogen and oxygen atoms in total. The van der Waals surface area contributed by atoms with Gasteiger partial charge in [-0.1, -0.05) is 0 Å². The Hall–Kier alpha value is -1.27. The van der Waals surface area contributed by atoms with Gasteiger partial charge in [0, 0.05) is 17.5 Å². The number of aromatic amines is 1. The summed E-state index contributed by atoms with van der Waals surface area (Å²) in [6.45, 7) is 3.78. The lowest BCUT2D eigenvalue weighted by atomic mass is 10.1. The monoisotopic (exact) mass is 255 g/mol. The van der Waals surface area contributed by atoms with Gasteiger partial charge in [0.25, 0.3) is 5.91 Å². The number of hydrogen-bond donors (Lipinski definition) is 3. The van der Waals surface area contributed by atoms with E-state index in [9.17, 15) is 9.59 Å². The molecule has 94 valence electrons. The van der Waals surface area contributed by atoms with Crippen molar-refractivity contribution in [2.24, 2.45) is 5.73 Å². The van der Waals surface area contributed by atoms with Crippen molar-refractivity contribution >= 4 is 23.6 Å². The molecular formula is C11H17N3O2S. The Bertz CT molecular complexity index is 382.